The third kappa shape index (κ3) is 2.81. The van der Waals surface area contributed by atoms with Crippen LogP contribution in [0.4, 0.5) is 5.82 Å². The summed E-state index contributed by atoms with van der Waals surface area (Å²) in [5.74, 6) is 0.549. The fourth-order valence-corrected chi connectivity index (χ4v) is 3.14. The Balaban J connectivity index is 1.70. The van der Waals surface area contributed by atoms with E-state index in [1.807, 2.05) is 6.07 Å². The fraction of sp³-hybridized carbons (Fsp3) is 0.278. The molecule has 4 rings (SSSR count). The number of rotatable bonds is 3. The van der Waals surface area contributed by atoms with Crippen LogP contribution in [0.25, 0.3) is 22.0 Å². The van der Waals surface area contributed by atoms with E-state index in [1.165, 1.54) is 16.7 Å². The molecule has 0 unspecified atom stereocenters. The second-order valence-electron chi connectivity index (χ2n) is 5.91. The second-order valence-corrected chi connectivity index (χ2v) is 5.91. The van der Waals surface area contributed by atoms with Crippen LogP contribution in [0.15, 0.2) is 42.5 Å². The highest BCUT2D eigenvalue weighted by molar-refractivity contribution is 5.92. The first kappa shape index (κ1) is 14.2. The monoisotopic (exact) mass is 308 g/mol. The Kier molecular flexibility index (Phi) is 3.73. The summed E-state index contributed by atoms with van der Waals surface area (Å²) >= 11 is 0. The third-order valence-electron chi connectivity index (χ3n) is 4.42. The lowest BCUT2D eigenvalue weighted by Crippen LogP contribution is -2.35. The molecule has 118 valence electrons. The standard InChI is InChI=1S/C18H20N4O/c19-18-16-11-13(5-6-17(16)20-21-18)15-4-2-1-3-14(15)12-22-7-9-23-10-8-22/h1-6,11H,7-10,12H2,(H3,19,20,21). The van der Waals surface area contributed by atoms with E-state index in [4.69, 9.17) is 10.5 Å². The summed E-state index contributed by atoms with van der Waals surface area (Å²) < 4.78 is 5.44. The van der Waals surface area contributed by atoms with Crippen molar-refractivity contribution in [2.75, 3.05) is 32.0 Å². The van der Waals surface area contributed by atoms with Crippen LogP contribution in [-0.4, -0.2) is 41.4 Å². The van der Waals surface area contributed by atoms with Crippen molar-refractivity contribution in [3.8, 4) is 11.1 Å². The fourth-order valence-electron chi connectivity index (χ4n) is 3.14. The van der Waals surface area contributed by atoms with Gasteiger partial charge in [-0.05, 0) is 28.8 Å². The van der Waals surface area contributed by atoms with Gasteiger partial charge in [-0.15, -0.1) is 0 Å². The lowest BCUT2D eigenvalue weighted by atomic mass is 9.98. The molecule has 0 amide bonds. The van der Waals surface area contributed by atoms with Gasteiger partial charge in [0.2, 0.25) is 0 Å². The molecule has 1 aliphatic heterocycles. The average Bonchev–Trinajstić information content (AvgIpc) is 2.97. The van der Waals surface area contributed by atoms with E-state index in [0.717, 1.165) is 43.8 Å². The molecule has 1 fully saturated rings. The number of nitrogen functional groups attached to an aromatic ring is 1. The number of morpholine rings is 1. The molecule has 2 heterocycles. The molecule has 1 aromatic heterocycles. The van der Waals surface area contributed by atoms with Gasteiger partial charge in [0.1, 0.15) is 0 Å². The minimum Gasteiger partial charge on any atom is -0.382 e. The summed E-state index contributed by atoms with van der Waals surface area (Å²) in [6.07, 6.45) is 0. The molecule has 0 aliphatic carbocycles. The summed E-state index contributed by atoms with van der Waals surface area (Å²) in [4.78, 5) is 2.44. The maximum atomic E-state index is 5.95. The molecule has 2 aromatic carbocycles. The van der Waals surface area contributed by atoms with Gasteiger partial charge in [0.15, 0.2) is 5.82 Å². The van der Waals surface area contributed by atoms with Crippen LogP contribution in [0.2, 0.25) is 0 Å². The molecular formula is C18H20N4O. The number of aromatic amines is 1. The number of fused-ring (bicyclic) bond motifs is 1. The zero-order chi connectivity index (χ0) is 15.6. The van der Waals surface area contributed by atoms with Crippen molar-refractivity contribution in [2.45, 2.75) is 6.54 Å². The van der Waals surface area contributed by atoms with Crippen LogP contribution < -0.4 is 5.73 Å². The lowest BCUT2D eigenvalue weighted by Gasteiger charge is -2.27. The Morgan fingerprint density at radius 3 is 2.83 bits per heavy atom. The molecule has 23 heavy (non-hydrogen) atoms. The van der Waals surface area contributed by atoms with Gasteiger partial charge in [0.25, 0.3) is 0 Å². The first-order chi connectivity index (χ1) is 11.3. The summed E-state index contributed by atoms with van der Waals surface area (Å²) in [7, 11) is 0. The molecule has 0 atom stereocenters. The van der Waals surface area contributed by atoms with Gasteiger partial charge in [-0.3, -0.25) is 10.00 Å². The maximum Gasteiger partial charge on any atom is 0.153 e. The number of ether oxygens (including phenoxy) is 1. The third-order valence-corrected chi connectivity index (χ3v) is 4.42. The Morgan fingerprint density at radius 1 is 1.13 bits per heavy atom. The van der Waals surface area contributed by atoms with E-state index in [1.54, 1.807) is 0 Å². The van der Waals surface area contributed by atoms with Crippen molar-refractivity contribution in [2.24, 2.45) is 0 Å². The van der Waals surface area contributed by atoms with E-state index >= 15 is 0 Å². The number of H-pyrrole nitrogens is 1. The van der Waals surface area contributed by atoms with Gasteiger partial charge in [0.05, 0.1) is 18.7 Å². The number of benzene rings is 2. The first-order valence-electron chi connectivity index (χ1n) is 7.93. The SMILES string of the molecule is Nc1n[nH]c2ccc(-c3ccccc3CN3CCOCC3)cc12. The average molecular weight is 308 g/mol. The highest BCUT2D eigenvalue weighted by atomic mass is 16.5. The van der Waals surface area contributed by atoms with E-state index in [0.29, 0.717) is 5.82 Å². The number of anilines is 1. The number of aromatic nitrogens is 2. The number of nitrogens with two attached hydrogens (primary N) is 1. The predicted molar refractivity (Wildman–Crippen MR) is 92.0 cm³/mol. The smallest absolute Gasteiger partial charge is 0.153 e. The van der Waals surface area contributed by atoms with E-state index in [9.17, 15) is 0 Å². The van der Waals surface area contributed by atoms with Crippen LogP contribution in [0.5, 0.6) is 0 Å². The molecule has 5 heteroatoms. The van der Waals surface area contributed by atoms with E-state index in [-0.39, 0.29) is 0 Å². The predicted octanol–water partition coefficient (Wildman–Crippen LogP) is 2.64. The summed E-state index contributed by atoms with van der Waals surface area (Å²) in [5, 5.41) is 8.00. The lowest BCUT2D eigenvalue weighted by molar-refractivity contribution is 0.0342. The molecule has 3 N–H and O–H groups in total. The quantitative estimate of drug-likeness (QED) is 0.780. The minimum absolute atomic E-state index is 0.549. The largest absolute Gasteiger partial charge is 0.382 e. The van der Waals surface area contributed by atoms with Gasteiger partial charge in [-0.1, -0.05) is 30.3 Å². The van der Waals surface area contributed by atoms with Gasteiger partial charge >= 0.3 is 0 Å². The first-order valence-corrected chi connectivity index (χ1v) is 7.93. The molecule has 0 saturated carbocycles. The van der Waals surface area contributed by atoms with Crippen molar-refractivity contribution in [3.63, 3.8) is 0 Å². The number of hydrogen-bond donors (Lipinski definition) is 2. The number of hydrogen-bond acceptors (Lipinski definition) is 4. The molecule has 0 radical (unpaired) electrons. The summed E-state index contributed by atoms with van der Waals surface area (Å²) in [6.45, 7) is 4.56. The zero-order valence-electron chi connectivity index (χ0n) is 13.0. The van der Waals surface area contributed by atoms with E-state index < -0.39 is 0 Å². The highest BCUT2D eigenvalue weighted by Crippen LogP contribution is 2.29. The van der Waals surface area contributed by atoms with Crippen LogP contribution in [0.3, 0.4) is 0 Å². The van der Waals surface area contributed by atoms with Crippen molar-refractivity contribution in [3.05, 3.63) is 48.0 Å². The van der Waals surface area contributed by atoms with Gasteiger partial charge in [-0.25, -0.2) is 0 Å². The second kappa shape index (κ2) is 6.02. The van der Waals surface area contributed by atoms with Crippen molar-refractivity contribution < 1.29 is 4.74 Å². The Labute approximate surface area is 135 Å². The minimum atomic E-state index is 0.549. The van der Waals surface area contributed by atoms with Crippen LogP contribution in [-0.2, 0) is 11.3 Å². The molecule has 0 spiro atoms. The van der Waals surface area contributed by atoms with Crippen molar-refractivity contribution >= 4 is 16.7 Å². The Hall–Kier alpha value is -2.37. The Morgan fingerprint density at radius 2 is 1.96 bits per heavy atom. The number of nitrogens with zero attached hydrogens (tertiary/aromatic N) is 2. The molecule has 1 aliphatic rings. The molecule has 5 nitrogen and oxygen atoms in total. The van der Waals surface area contributed by atoms with Crippen LogP contribution >= 0.6 is 0 Å². The highest BCUT2D eigenvalue weighted by Gasteiger charge is 2.14. The zero-order valence-corrected chi connectivity index (χ0v) is 13.0. The molecule has 0 bridgehead atoms. The molecule has 3 aromatic rings. The normalized spacial score (nSPS) is 16.0. The van der Waals surface area contributed by atoms with Crippen molar-refractivity contribution in [1.29, 1.82) is 0 Å². The Bertz CT molecular complexity index is 821. The summed E-state index contributed by atoms with van der Waals surface area (Å²) in [5.41, 5.74) is 10.7. The van der Waals surface area contributed by atoms with Crippen LogP contribution in [0.1, 0.15) is 5.56 Å². The summed E-state index contributed by atoms with van der Waals surface area (Å²) in [6, 6.07) is 14.8. The van der Waals surface area contributed by atoms with Gasteiger partial charge < -0.3 is 10.5 Å². The van der Waals surface area contributed by atoms with E-state index in [2.05, 4.69) is 51.5 Å². The van der Waals surface area contributed by atoms with Crippen LogP contribution in [0, 0.1) is 0 Å². The van der Waals surface area contributed by atoms with Crippen molar-refractivity contribution in [1.82, 2.24) is 15.1 Å². The topological polar surface area (TPSA) is 67.2 Å². The van der Waals surface area contributed by atoms with Gasteiger partial charge in [-0.2, -0.15) is 5.10 Å². The molecule has 1 saturated heterocycles. The number of nitrogens with one attached hydrogen (secondary N) is 1. The molecular weight excluding hydrogens is 288 g/mol. The maximum absolute atomic E-state index is 5.95. The van der Waals surface area contributed by atoms with Gasteiger partial charge in [0, 0.05) is 25.0 Å².